The van der Waals surface area contributed by atoms with E-state index >= 15 is 0 Å². The van der Waals surface area contributed by atoms with Crippen LogP contribution in [0.25, 0.3) is 55.4 Å². The first-order chi connectivity index (χ1) is 13.9. The summed E-state index contributed by atoms with van der Waals surface area (Å²) in [6.07, 6.45) is 1.84. The molecule has 0 bridgehead atoms. The monoisotopic (exact) mass is 355 g/mol. The Labute approximate surface area is 163 Å². The number of aromatic nitrogens is 1. The summed E-state index contributed by atoms with van der Waals surface area (Å²) in [5.74, 6) is 0. The molecule has 0 radical (unpaired) electrons. The number of nitrogens with zero attached hydrogens (tertiary/aromatic N) is 1. The molecule has 1 aromatic heterocycles. The summed E-state index contributed by atoms with van der Waals surface area (Å²) >= 11 is 0. The molecular weight excluding hydrogens is 338 g/mol. The van der Waals surface area contributed by atoms with Crippen molar-refractivity contribution in [3.05, 3.63) is 103 Å². The van der Waals surface area contributed by atoms with Crippen LogP contribution in [-0.4, -0.2) is 4.98 Å². The van der Waals surface area contributed by atoms with E-state index in [0.29, 0.717) is 0 Å². The SMILES string of the molecule is c1ccc(-c2ccc(-c3cc4c5c(cccc5c3)-c3ccccc3-4)cc2)nc1. The van der Waals surface area contributed by atoms with Crippen LogP contribution in [0.1, 0.15) is 0 Å². The van der Waals surface area contributed by atoms with Crippen molar-refractivity contribution in [3.8, 4) is 44.6 Å². The maximum atomic E-state index is 4.45. The fourth-order valence-electron chi connectivity index (χ4n) is 4.35. The van der Waals surface area contributed by atoms with Crippen LogP contribution in [0.5, 0.6) is 0 Å². The predicted molar refractivity (Wildman–Crippen MR) is 117 cm³/mol. The van der Waals surface area contributed by atoms with E-state index in [0.717, 1.165) is 11.3 Å². The van der Waals surface area contributed by atoms with E-state index in [1.807, 2.05) is 24.4 Å². The van der Waals surface area contributed by atoms with Gasteiger partial charge in [-0.3, -0.25) is 4.98 Å². The van der Waals surface area contributed by atoms with Gasteiger partial charge in [-0.25, -0.2) is 0 Å². The average Bonchev–Trinajstić information content (AvgIpc) is 3.10. The van der Waals surface area contributed by atoms with Gasteiger partial charge in [0.25, 0.3) is 0 Å². The molecule has 0 atom stereocenters. The minimum atomic E-state index is 1.00. The van der Waals surface area contributed by atoms with Gasteiger partial charge >= 0.3 is 0 Å². The van der Waals surface area contributed by atoms with Gasteiger partial charge in [0.05, 0.1) is 5.69 Å². The van der Waals surface area contributed by atoms with E-state index in [1.165, 1.54) is 44.2 Å². The molecule has 0 unspecified atom stereocenters. The molecule has 0 aliphatic heterocycles. The third-order valence-electron chi connectivity index (χ3n) is 5.66. The predicted octanol–water partition coefficient (Wildman–Crippen LogP) is 7.22. The lowest BCUT2D eigenvalue weighted by molar-refractivity contribution is 1.33. The molecule has 0 saturated carbocycles. The Kier molecular flexibility index (Phi) is 3.24. The Morgan fingerprint density at radius 1 is 0.464 bits per heavy atom. The molecule has 0 fully saturated rings. The van der Waals surface area contributed by atoms with Crippen molar-refractivity contribution in [2.24, 2.45) is 0 Å². The molecule has 4 aromatic carbocycles. The van der Waals surface area contributed by atoms with E-state index < -0.39 is 0 Å². The quantitative estimate of drug-likeness (QED) is 0.319. The Morgan fingerprint density at radius 3 is 1.96 bits per heavy atom. The number of hydrogen-bond donors (Lipinski definition) is 0. The van der Waals surface area contributed by atoms with E-state index in [1.54, 1.807) is 0 Å². The van der Waals surface area contributed by atoms with E-state index in [2.05, 4.69) is 83.8 Å². The van der Waals surface area contributed by atoms with Crippen molar-refractivity contribution in [3.63, 3.8) is 0 Å². The van der Waals surface area contributed by atoms with Crippen LogP contribution in [0.3, 0.4) is 0 Å². The highest BCUT2D eigenvalue weighted by molar-refractivity contribution is 6.16. The Bertz CT molecular complexity index is 1330. The summed E-state index contributed by atoms with van der Waals surface area (Å²) in [7, 11) is 0. The fraction of sp³-hybridized carbons (Fsp3) is 0. The van der Waals surface area contributed by atoms with Gasteiger partial charge in [0.1, 0.15) is 0 Å². The van der Waals surface area contributed by atoms with Crippen LogP contribution >= 0.6 is 0 Å². The van der Waals surface area contributed by atoms with Crippen LogP contribution in [0.4, 0.5) is 0 Å². The summed E-state index contributed by atoms with van der Waals surface area (Å²) in [5, 5.41) is 2.67. The minimum Gasteiger partial charge on any atom is -0.256 e. The number of pyridine rings is 1. The number of benzene rings is 4. The number of fused-ring (bicyclic) bond motifs is 3. The number of rotatable bonds is 2. The topological polar surface area (TPSA) is 12.9 Å². The minimum absolute atomic E-state index is 1.00. The zero-order valence-electron chi connectivity index (χ0n) is 15.3. The van der Waals surface area contributed by atoms with Gasteiger partial charge in [0.15, 0.2) is 0 Å². The van der Waals surface area contributed by atoms with Crippen LogP contribution in [0.2, 0.25) is 0 Å². The molecule has 1 heteroatoms. The second kappa shape index (κ2) is 5.90. The first-order valence-corrected chi connectivity index (χ1v) is 9.57. The first kappa shape index (κ1) is 15.4. The van der Waals surface area contributed by atoms with E-state index in [-0.39, 0.29) is 0 Å². The maximum Gasteiger partial charge on any atom is 0.0701 e. The molecule has 0 amide bonds. The van der Waals surface area contributed by atoms with Gasteiger partial charge in [-0.05, 0) is 68.4 Å². The summed E-state index contributed by atoms with van der Waals surface area (Å²) in [6.45, 7) is 0. The van der Waals surface area contributed by atoms with Gasteiger partial charge in [-0.1, -0.05) is 72.8 Å². The molecular formula is C27H17N. The van der Waals surface area contributed by atoms with E-state index in [4.69, 9.17) is 0 Å². The van der Waals surface area contributed by atoms with E-state index in [9.17, 15) is 0 Å². The second-order valence-corrected chi connectivity index (χ2v) is 7.27. The summed E-state index contributed by atoms with van der Waals surface area (Å²) < 4.78 is 0. The number of hydrogen-bond acceptors (Lipinski definition) is 1. The lowest BCUT2D eigenvalue weighted by Crippen LogP contribution is -1.84. The summed E-state index contributed by atoms with van der Waals surface area (Å²) in [5.41, 5.74) is 9.99. The largest absolute Gasteiger partial charge is 0.256 e. The molecule has 1 aliphatic rings. The molecule has 1 aliphatic carbocycles. The molecule has 0 N–H and O–H groups in total. The van der Waals surface area contributed by atoms with Crippen LogP contribution in [-0.2, 0) is 0 Å². The fourth-order valence-corrected chi connectivity index (χ4v) is 4.35. The molecule has 6 rings (SSSR count). The molecule has 130 valence electrons. The lowest BCUT2D eigenvalue weighted by atomic mass is 9.95. The third kappa shape index (κ3) is 2.23. The Balaban J connectivity index is 1.52. The van der Waals surface area contributed by atoms with Crippen molar-refractivity contribution in [2.75, 3.05) is 0 Å². The normalized spacial score (nSPS) is 11.6. The van der Waals surface area contributed by atoms with Crippen molar-refractivity contribution in [2.45, 2.75) is 0 Å². The smallest absolute Gasteiger partial charge is 0.0701 e. The summed E-state index contributed by atoms with van der Waals surface area (Å²) in [4.78, 5) is 4.45. The molecule has 5 aromatic rings. The van der Waals surface area contributed by atoms with Gasteiger partial charge in [0, 0.05) is 11.8 Å². The maximum absolute atomic E-state index is 4.45. The van der Waals surface area contributed by atoms with Gasteiger partial charge < -0.3 is 0 Å². The average molecular weight is 355 g/mol. The first-order valence-electron chi connectivity index (χ1n) is 9.57. The Morgan fingerprint density at radius 2 is 1.18 bits per heavy atom. The molecule has 0 spiro atoms. The zero-order valence-corrected chi connectivity index (χ0v) is 15.3. The second-order valence-electron chi connectivity index (χ2n) is 7.27. The van der Waals surface area contributed by atoms with Gasteiger partial charge in [0.2, 0.25) is 0 Å². The van der Waals surface area contributed by atoms with Crippen molar-refractivity contribution < 1.29 is 0 Å². The zero-order chi connectivity index (χ0) is 18.5. The van der Waals surface area contributed by atoms with Crippen LogP contribution in [0, 0.1) is 0 Å². The molecule has 1 nitrogen and oxygen atoms in total. The highest BCUT2D eigenvalue weighted by atomic mass is 14.7. The van der Waals surface area contributed by atoms with Crippen molar-refractivity contribution >= 4 is 10.8 Å². The summed E-state index contributed by atoms with van der Waals surface area (Å²) in [6, 6.07) is 34.7. The van der Waals surface area contributed by atoms with Gasteiger partial charge in [-0.2, -0.15) is 0 Å². The van der Waals surface area contributed by atoms with Crippen LogP contribution in [0.15, 0.2) is 103 Å². The Hall–Kier alpha value is -3.71. The highest BCUT2D eigenvalue weighted by Gasteiger charge is 2.21. The highest BCUT2D eigenvalue weighted by Crippen LogP contribution is 2.48. The molecule has 1 heterocycles. The molecule has 28 heavy (non-hydrogen) atoms. The van der Waals surface area contributed by atoms with Crippen molar-refractivity contribution in [1.82, 2.24) is 4.98 Å². The lowest BCUT2D eigenvalue weighted by Gasteiger charge is -2.09. The van der Waals surface area contributed by atoms with Crippen LogP contribution < -0.4 is 0 Å². The van der Waals surface area contributed by atoms with Crippen molar-refractivity contribution in [1.29, 1.82) is 0 Å². The molecule has 0 saturated heterocycles. The third-order valence-corrected chi connectivity index (χ3v) is 5.66. The van der Waals surface area contributed by atoms with Gasteiger partial charge in [-0.15, -0.1) is 0 Å². The standard InChI is InChI=1S/C27H17N/c1-2-8-23-22(7-1)24-9-5-6-20-16-21(17-25(23)27(20)24)18-11-13-19(14-12-18)26-10-3-4-15-28-26/h1-17H.